The molecule has 0 atom stereocenters. The van der Waals surface area contributed by atoms with Gasteiger partial charge in [-0.05, 0) is 20.3 Å². The summed E-state index contributed by atoms with van der Waals surface area (Å²) in [5.41, 5.74) is -0.553. The molecule has 0 aromatic heterocycles. The van der Waals surface area contributed by atoms with Crippen molar-refractivity contribution in [3.8, 4) is 0 Å². The van der Waals surface area contributed by atoms with E-state index in [4.69, 9.17) is 5.11 Å². The highest BCUT2D eigenvalue weighted by atomic mass is 16.3. The van der Waals surface area contributed by atoms with E-state index in [2.05, 4.69) is 9.80 Å². The second-order valence-electron chi connectivity index (χ2n) is 4.97. The lowest BCUT2D eigenvalue weighted by molar-refractivity contribution is 0.0457. The maximum absolute atomic E-state index is 9.61. The first-order chi connectivity index (χ1) is 7.01. The minimum atomic E-state index is -0.553. The Morgan fingerprint density at radius 1 is 1.00 bits per heavy atom. The van der Waals surface area contributed by atoms with Gasteiger partial charge in [-0.1, -0.05) is 0 Å². The lowest BCUT2D eigenvalue weighted by atomic mass is 10.1. The molecule has 4 nitrogen and oxygen atoms in total. The van der Waals surface area contributed by atoms with Gasteiger partial charge >= 0.3 is 0 Å². The third-order valence-corrected chi connectivity index (χ3v) is 2.92. The van der Waals surface area contributed by atoms with E-state index < -0.39 is 5.60 Å². The Morgan fingerprint density at radius 3 is 1.87 bits per heavy atom. The van der Waals surface area contributed by atoms with Crippen LogP contribution in [0.1, 0.15) is 20.3 Å². The molecule has 2 N–H and O–H groups in total. The van der Waals surface area contributed by atoms with E-state index in [1.165, 1.54) is 0 Å². The molecule has 0 aromatic carbocycles. The maximum Gasteiger partial charge on any atom is 0.0603 e. The fourth-order valence-electron chi connectivity index (χ4n) is 1.81. The maximum atomic E-state index is 9.61. The number of β-amino-alcohol motifs (C(OH)–C–C–N with tert-alkyl or cyclic N) is 1. The molecule has 90 valence electrons. The van der Waals surface area contributed by atoms with Crippen LogP contribution < -0.4 is 0 Å². The Morgan fingerprint density at radius 2 is 1.47 bits per heavy atom. The molecule has 1 aliphatic rings. The van der Waals surface area contributed by atoms with Crippen LogP contribution in [-0.4, -0.2) is 71.5 Å². The molecule has 1 saturated heterocycles. The zero-order valence-corrected chi connectivity index (χ0v) is 9.95. The molecule has 0 bridgehead atoms. The normalized spacial score (nSPS) is 20.8. The summed E-state index contributed by atoms with van der Waals surface area (Å²) in [4.78, 5) is 4.66. The fourth-order valence-corrected chi connectivity index (χ4v) is 1.81. The van der Waals surface area contributed by atoms with Crippen molar-refractivity contribution in [2.24, 2.45) is 0 Å². The predicted molar refractivity (Wildman–Crippen MR) is 60.9 cm³/mol. The zero-order valence-electron chi connectivity index (χ0n) is 9.95. The van der Waals surface area contributed by atoms with Crippen molar-refractivity contribution in [1.82, 2.24) is 9.80 Å². The van der Waals surface area contributed by atoms with Crippen LogP contribution in [0.4, 0.5) is 0 Å². The molecule has 4 heteroatoms. The van der Waals surface area contributed by atoms with Crippen molar-refractivity contribution >= 4 is 0 Å². The van der Waals surface area contributed by atoms with E-state index in [0.29, 0.717) is 0 Å². The topological polar surface area (TPSA) is 46.9 Å². The van der Waals surface area contributed by atoms with Gasteiger partial charge in [-0.2, -0.15) is 0 Å². The Hall–Kier alpha value is -0.160. The molecular weight excluding hydrogens is 192 g/mol. The molecule has 0 aromatic rings. The molecule has 1 aliphatic heterocycles. The molecule has 0 spiro atoms. The number of aliphatic hydroxyl groups is 2. The van der Waals surface area contributed by atoms with E-state index in [0.717, 1.165) is 45.7 Å². The van der Waals surface area contributed by atoms with Gasteiger partial charge in [0.25, 0.3) is 0 Å². The van der Waals surface area contributed by atoms with Gasteiger partial charge in [0, 0.05) is 39.3 Å². The van der Waals surface area contributed by atoms with Crippen molar-refractivity contribution in [2.75, 3.05) is 45.9 Å². The first-order valence-corrected chi connectivity index (χ1v) is 5.79. The average molecular weight is 216 g/mol. The van der Waals surface area contributed by atoms with Crippen LogP contribution in [0.15, 0.2) is 0 Å². The van der Waals surface area contributed by atoms with E-state index in [1.54, 1.807) is 0 Å². The largest absolute Gasteiger partial charge is 0.395 e. The summed E-state index contributed by atoms with van der Waals surface area (Å²) < 4.78 is 0. The molecule has 15 heavy (non-hydrogen) atoms. The van der Waals surface area contributed by atoms with Crippen LogP contribution in [0.25, 0.3) is 0 Å². The van der Waals surface area contributed by atoms with Crippen LogP contribution in [0, 0.1) is 0 Å². The molecule has 0 amide bonds. The monoisotopic (exact) mass is 216 g/mol. The van der Waals surface area contributed by atoms with Crippen molar-refractivity contribution in [3.63, 3.8) is 0 Å². The molecule has 0 aliphatic carbocycles. The second-order valence-corrected chi connectivity index (χ2v) is 4.97. The summed E-state index contributed by atoms with van der Waals surface area (Å²) in [5, 5.41) is 18.4. The Labute approximate surface area is 92.5 Å². The molecular formula is C11H24N2O2. The lowest BCUT2D eigenvalue weighted by Gasteiger charge is -2.35. The number of aliphatic hydroxyl groups excluding tert-OH is 1. The number of piperazine rings is 1. The quantitative estimate of drug-likeness (QED) is 0.666. The van der Waals surface area contributed by atoms with Crippen LogP contribution in [0.2, 0.25) is 0 Å². The van der Waals surface area contributed by atoms with Gasteiger partial charge in [0.15, 0.2) is 0 Å². The van der Waals surface area contributed by atoms with Gasteiger partial charge in [-0.25, -0.2) is 0 Å². The van der Waals surface area contributed by atoms with Gasteiger partial charge in [0.2, 0.25) is 0 Å². The van der Waals surface area contributed by atoms with Crippen molar-refractivity contribution in [3.05, 3.63) is 0 Å². The Balaban J connectivity index is 2.15. The van der Waals surface area contributed by atoms with Gasteiger partial charge in [0.05, 0.1) is 12.2 Å². The smallest absolute Gasteiger partial charge is 0.0603 e. The number of rotatable bonds is 5. The van der Waals surface area contributed by atoms with Gasteiger partial charge in [-0.15, -0.1) is 0 Å². The number of hydrogen-bond donors (Lipinski definition) is 2. The summed E-state index contributed by atoms with van der Waals surface area (Å²) in [5.74, 6) is 0. The highest BCUT2D eigenvalue weighted by molar-refractivity contribution is 4.74. The molecule has 1 fully saturated rings. The van der Waals surface area contributed by atoms with E-state index >= 15 is 0 Å². The SMILES string of the molecule is CC(C)(O)CCN1CCN(CCO)CC1. The number of hydrogen-bond acceptors (Lipinski definition) is 4. The molecule has 0 saturated carbocycles. The minimum Gasteiger partial charge on any atom is -0.395 e. The van der Waals surface area contributed by atoms with E-state index in [9.17, 15) is 5.11 Å². The van der Waals surface area contributed by atoms with Crippen LogP contribution in [0.5, 0.6) is 0 Å². The highest BCUT2D eigenvalue weighted by Crippen LogP contribution is 2.10. The van der Waals surface area contributed by atoms with Crippen LogP contribution >= 0.6 is 0 Å². The summed E-state index contributed by atoms with van der Waals surface area (Å²) in [7, 11) is 0. The summed E-state index contributed by atoms with van der Waals surface area (Å²) in [6, 6.07) is 0. The predicted octanol–water partition coefficient (Wildman–Crippen LogP) is -0.243. The first-order valence-electron chi connectivity index (χ1n) is 5.79. The molecule has 0 unspecified atom stereocenters. The number of nitrogens with zero attached hydrogens (tertiary/aromatic N) is 2. The van der Waals surface area contributed by atoms with E-state index in [1.807, 2.05) is 13.8 Å². The first kappa shape index (κ1) is 12.9. The second kappa shape index (κ2) is 5.80. The van der Waals surface area contributed by atoms with Crippen LogP contribution in [-0.2, 0) is 0 Å². The van der Waals surface area contributed by atoms with Gasteiger partial charge < -0.3 is 15.1 Å². The van der Waals surface area contributed by atoms with Crippen molar-refractivity contribution in [2.45, 2.75) is 25.9 Å². The zero-order chi connectivity index (χ0) is 11.3. The van der Waals surface area contributed by atoms with E-state index in [-0.39, 0.29) is 6.61 Å². The Kier molecular flexibility index (Phi) is 4.99. The molecule has 1 rings (SSSR count). The van der Waals surface area contributed by atoms with Gasteiger partial charge in [-0.3, -0.25) is 4.90 Å². The third-order valence-electron chi connectivity index (χ3n) is 2.92. The molecule has 1 heterocycles. The molecule has 0 radical (unpaired) electrons. The van der Waals surface area contributed by atoms with Gasteiger partial charge in [0.1, 0.15) is 0 Å². The standard InChI is InChI=1S/C11H24N2O2/c1-11(2,15)3-4-12-5-7-13(8-6-12)9-10-14/h14-15H,3-10H2,1-2H3. The third kappa shape index (κ3) is 5.47. The average Bonchev–Trinajstić information content (AvgIpc) is 2.16. The van der Waals surface area contributed by atoms with Crippen LogP contribution in [0.3, 0.4) is 0 Å². The minimum absolute atomic E-state index is 0.254. The van der Waals surface area contributed by atoms with Crippen molar-refractivity contribution < 1.29 is 10.2 Å². The van der Waals surface area contributed by atoms with Crippen molar-refractivity contribution in [1.29, 1.82) is 0 Å². The summed E-state index contributed by atoms with van der Waals surface area (Å²) in [6.45, 7) is 9.90. The fraction of sp³-hybridized carbons (Fsp3) is 1.00. The Bertz CT molecular complexity index is 172. The highest BCUT2D eigenvalue weighted by Gasteiger charge is 2.19. The lowest BCUT2D eigenvalue weighted by Crippen LogP contribution is -2.48. The summed E-state index contributed by atoms with van der Waals surface area (Å²) >= 11 is 0. The summed E-state index contributed by atoms with van der Waals surface area (Å²) in [6.07, 6.45) is 0.826.